The van der Waals surface area contributed by atoms with Crippen LogP contribution in [-0.2, 0) is 0 Å². The van der Waals surface area contributed by atoms with Gasteiger partial charge in [0.2, 0.25) is 5.95 Å². The highest BCUT2D eigenvalue weighted by Crippen LogP contribution is 2.19. The second-order valence-electron chi connectivity index (χ2n) is 4.75. The largest absolute Gasteiger partial charge is 0.463 e. The van der Waals surface area contributed by atoms with Crippen molar-refractivity contribution in [3.63, 3.8) is 0 Å². The number of carbonyl (C=O) groups excluding carboxylic acids is 1. The van der Waals surface area contributed by atoms with Crippen LogP contribution in [0.25, 0.3) is 11.5 Å². The Bertz CT molecular complexity index is 747. The number of allylic oxidation sites excluding steroid dienone is 2. The summed E-state index contributed by atoms with van der Waals surface area (Å²) in [7, 11) is 0. The fraction of sp³-hybridized carbons (Fsp3) is 0.188. The van der Waals surface area contributed by atoms with Crippen LogP contribution >= 0.6 is 11.6 Å². The van der Waals surface area contributed by atoms with Crippen LogP contribution in [0.5, 0.6) is 0 Å². The Morgan fingerprint density at radius 2 is 2.26 bits per heavy atom. The summed E-state index contributed by atoms with van der Waals surface area (Å²) in [6.07, 6.45) is 5.17. The fourth-order valence-corrected chi connectivity index (χ4v) is 2.04. The second-order valence-corrected chi connectivity index (χ2v) is 5.35. The zero-order valence-corrected chi connectivity index (χ0v) is 13.6. The molecule has 0 spiro atoms. The molecule has 0 aliphatic heterocycles. The molecule has 0 aromatic carbocycles. The van der Waals surface area contributed by atoms with Crippen molar-refractivity contribution in [2.75, 3.05) is 12.3 Å². The Labute approximate surface area is 139 Å². The van der Waals surface area contributed by atoms with E-state index in [0.717, 1.165) is 5.57 Å². The van der Waals surface area contributed by atoms with Crippen LogP contribution in [0.1, 0.15) is 24.3 Å². The van der Waals surface area contributed by atoms with Crippen LogP contribution in [-0.4, -0.2) is 22.4 Å². The van der Waals surface area contributed by atoms with Gasteiger partial charge in [0.15, 0.2) is 5.76 Å². The SMILES string of the molecule is C/C=C(\C=C(/C)Cl)CNC(=O)c1cc(-c2ccco2)nc(N)n1. The first-order valence-corrected chi connectivity index (χ1v) is 7.33. The summed E-state index contributed by atoms with van der Waals surface area (Å²) in [6.45, 7) is 3.97. The van der Waals surface area contributed by atoms with Gasteiger partial charge in [-0.3, -0.25) is 4.79 Å². The van der Waals surface area contributed by atoms with E-state index in [4.69, 9.17) is 21.8 Å². The molecule has 3 N–H and O–H groups in total. The molecule has 0 aliphatic rings. The highest BCUT2D eigenvalue weighted by molar-refractivity contribution is 6.29. The van der Waals surface area contributed by atoms with Gasteiger partial charge in [-0.05, 0) is 43.7 Å². The monoisotopic (exact) mass is 332 g/mol. The van der Waals surface area contributed by atoms with E-state index >= 15 is 0 Å². The Morgan fingerprint density at radius 3 is 2.87 bits per heavy atom. The summed E-state index contributed by atoms with van der Waals surface area (Å²) in [6, 6.07) is 4.99. The van der Waals surface area contributed by atoms with E-state index in [9.17, 15) is 4.79 Å². The molecule has 0 aliphatic carbocycles. The summed E-state index contributed by atoms with van der Waals surface area (Å²) in [4.78, 5) is 20.3. The number of carbonyl (C=O) groups is 1. The molecule has 0 bridgehead atoms. The molecule has 2 aromatic rings. The number of hydrogen-bond acceptors (Lipinski definition) is 5. The molecule has 2 heterocycles. The highest BCUT2D eigenvalue weighted by Gasteiger charge is 2.13. The van der Waals surface area contributed by atoms with Crippen LogP contribution in [0.15, 0.2) is 51.6 Å². The number of rotatable bonds is 5. The highest BCUT2D eigenvalue weighted by atomic mass is 35.5. The maximum absolute atomic E-state index is 12.3. The van der Waals surface area contributed by atoms with Crippen molar-refractivity contribution >= 4 is 23.5 Å². The molecule has 0 unspecified atom stereocenters. The topological polar surface area (TPSA) is 94.0 Å². The van der Waals surface area contributed by atoms with Gasteiger partial charge >= 0.3 is 0 Å². The van der Waals surface area contributed by atoms with Crippen molar-refractivity contribution in [3.8, 4) is 11.5 Å². The number of nitrogens with two attached hydrogens (primary N) is 1. The molecule has 23 heavy (non-hydrogen) atoms. The predicted molar refractivity (Wildman–Crippen MR) is 89.8 cm³/mol. The number of nitrogen functional groups attached to an aromatic ring is 1. The van der Waals surface area contributed by atoms with E-state index in [1.807, 2.05) is 13.0 Å². The number of aromatic nitrogens is 2. The quantitative estimate of drug-likeness (QED) is 0.820. The van der Waals surface area contributed by atoms with Crippen LogP contribution < -0.4 is 11.1 Å². The third-order valence-corrected chi connectivity index (χ3v) is 3.07. The van der Waals surface area contributed by atoms with E-state index in [-0.39, 0.29) is 17.5 Å². The zero-order chi connectivity index (χ0) is 16.8. The Morgan fingerprint density at radius 1 is 1.48 bits per heavy atom. The third kappa shape index (κ3) is 4.69. The van der Waals surface area contributed by atoms with Crippen LogP contribution in [0.2, 0.25) is 0 Å². The lowest BCUT2D eigenvalue weighted by Gasteiger charge is -2.07. The Balaban J connectivity index is 2.15. The third-order valence-electron chi connectivity index (χ3n) is 2.96. The first-order chi connectivity index (χ1) is 11.0. The Kier molecular flexibility index (Phi) is 5.54. The maximum Gasteiger partial charge on any atom is 0.270 e. The summed E-state index contributed by atoms with van der Waals surface area (Å²) in [5, 5.41) is 3.41. The van der Waals surface area contributed by atoms with Gasteiger partial charge in [-0.15, -0.1) is 0 Å². The van der Waals surface area contributed by atoms with Gasteiger partial charge in [0.25, 0.3) is 5.91 Å². The van der Waals surface area contributed by atoms with Crippen LogP contribution in [0.3, 0.4) is 0 Å². The molecule has 1 amide bonds. The van der Waals surface area contributed by atoms with Gasteiger partial charge in [-0.1, -0.05) is 17.7 Å². The number of hydrogen-bond donors (Lipinski definition) is 2. The molecule has 0 atom stereocenters. The van der Waals surface area contributed by atoms with E-state index in [2.05, 4.69) is 15.3 Å². The molecule has 0 radical (unpaired) electrons. The predicted octanol–water partition coefficient (Wildman–Crippen LogP) is 3.14. The number of amides is 1. The van der Waals surface area contributed by atoms with Crippen molar-refractivity contribution in [1.82, 2.24) is 15.3 Å². The van der Waals surface area contributed by atoms with Crippen molar-refractivity contribution in [3.05, 3.63) is 52.9 Å². The fourth-order valence-electron chi connectivity index (χ4n) is 1.90. The number of furan rings is 1. The van der Waals surface area contributed by atoms with E-state index in [1.54, 1.807) is 25.1 Å². The molecule has 0 fully saturated rings. The zero-order valence-electron chi connectivity index (χ0n) is 12.8. The number of nitrogens with one attached hydrogen (secondary N) is 1. The first-order valence-electron chi connectivity index (χ1n) is 6.95. The minimum Gasteiger partial charge on any atom is -0.463 e. The lowest BCUT2D eigenvalue weighted by Crippen LogP contribution is -2.26. The molecular weight excluding hydrogens is 316 g/mol. The van der Waals surface area contributed by atoms with Gasteiger partial charge in [0.05, 0.1) is 6.26 Å². The number of halogens is 1. The van der Waals surface area contributed by atoms with E-state index in [0.29, 0.717) is 23.0 Å². The van der Waals surface area contributed by atoms with Crippen molar-refractivity contribution in [2.24, 2.45) is 0 Å². The summed E-state index contributed by atoms with van der Waals surface area (Å²) >= 11 is 5.84. The molecular formula is C16H17ClN4O2. The average molecular weight is 333 g/mol. The van der Waals surface area contributed by atoms with Gasteiger partial charge < -0.3 is 15.5 Å². The molecule has 120 valence electrons. The van der Waals surface area contributed by atoms with Gasteiger partial charge in [0.1, 0.15) is 11.4 Å². The first kappa shape index (κ1) is 16.8. The maximum atomic E-state index is 12.3. The molecule has 7 heteroatoms. The van der Waals surface area contributed by atoms with Crippen molar-refractivity contribution < 1.29 is 9.21 Å². The smallest absolute Gasteiger partial charge is 0.270 e. The van der Waals surface area contributed by atoms with Gasteiger partial charge in [-0.2, -0.15) is 0 Å². The molecule has 6 nitrogen and oxygen atoms in total. The minimum atomic E-state index is -0.355. The summed E-state index contributed by atoms with van der Waals surface area (Å²) in [5.74, 6) is 0.168. The lowest BCUT2D eigenvalue weighted by molar-refractivity contribution is 0.0952. The normalized spacial score (nSPS) is 12.3. The van der Waals surface area contributed by atoms with Crippen LogP contribution in [0, 0.1) is 0 Å². The summed E-state index contributed by atoms with van der Waals surface area (Å²) in [5.41, 5.74) is 7.18. The molecule has 0 saturated heterocycles. The molecule has 2 aromatic heterocycles. The molecule has 0 saturated carbocycles. The van der Waals surface area contributed by atoms with Gasteiger partial charge in [0, 0.05) is 11.6 Å². The second kappa shape index (κ2) is 7.60. The minimum absolute atomic E-state index is 0.00630. The van der Waals surface area contributed by atoms with Crippen LogP contribution in [0.4, 0.5) is 5.95 Å². The van der Waals surface area contributed by atoms with Gasteiger partial charge in [-0.25, -0.2) is 9.97 Å². The van der Waals surface area contributed by atoms with E-state index in [1.165, 1.54) is 12.3 Å². The summed E-state index contributed by atoms with van der Waals surface area (Å²) < 4.78 is 5.26. The Hall–Kier alpha value is -2.60. The average Bonchev–Trinajstić information content (AvgIpc) is 3.04. The van der Waals surface area contributed by atoms with Crippen molar-refractivity contribution in [1.29, 1.82) is 0 Å². The molecule has 2 rings (SSSR count). The number of nitrogens with zero attached hydrogens (tertiary/aromatic N) is 2. The number of anilines is 1. The lowest BCUT2D eigenvalue weighted by atomic mass is 10.2. The standard InChI is InChI=1S/C16H17ClN4O2/c1-3-11(7-10(2)17)9-19-15(22)13-8-12(20-16(18)21-13)14-5-4-6-23-14/h3-8H,9H2,1-2H3,(H,19,22)(H2,18,20,21)/b10-7+,11-3+. The van der Waals surface area contributed by atoms with E-state index < -0.39 is 0 Å². The van der Waals surface area contributed by atoms with Crippen molar-refractivity contribution in [2.45, 2.75) is 13.8 Å².